The molecule has 0 N–H and O–H groups in total. The Morgan fingerprint density at radius 1 is 1.30 bits per heavy atom. The highest BCUT2D eigenvalue weighted by atomic mass is 35.5. The van der Waals surface area contributed by atoms with Crippen molar-refractivity contribution < 1.29 is 9.53 Å². The number of nitrogens with zero attached hydrogens (tertiary/aromatic N) is 4. The molecule has 0 spiro atoms. The number of methoxy groups -OCH3 is 1. The van der Waals surface area contributed by atoms with Crippen molar-refractivity contribution in [2.75, 3.05) is 46.4 Å². The zero-order valence-electron chi connectivity index (χ0n) is 11.6. The van der Waals surface area contributed by atoms with E-state index in [0.29, 0.717) is 17.4 Å². The molecule has 2 heterocycles. The Morgan fingerprint density at radius 3 is 2.85 bits per heavy atom. The molecule has 1 aliphatic rings. The van der Waals surface area contributed by atoms with Crippen LogP contribution in [0.1, 0.15) is 16.9 Å². The number of hydrogen-bond donors (Lipinski definition) is 0. The lowest BCUT2D eigenvalue weighted by Gasteiger charge is -2.21. The van der Waals surface area contributed by atoms with Crippen LogP contribution in [0.25, 0.3) is 0 Å². The van der Waals surface area contributed by atoms with Crippen LogP contribution in [0, 0.1) is 0 Å². The van der Waals surface area contributed by atoms with E-state index in [0.717, 1.165) is 39.2 Å². The standard InChI is InChI=1S/C13H19ClN4O2/c1-20-8-7-17-3-2-4-18(6-5-17)13(19)11-9-16-12(14)10-15-11/h9-10H,2-8H2,1H3. The lowest BCUT2D eigenvalue weighted by atomic mass is 10.3. The monoisotopic (exact) mass is 298 g/mol. The Hall–Kier alpha value is -1.24. The third-order valence-electron chi connectivity index (χ3n) is 3.33. The van der Waals surface area contributed by atoms with Crippen molar-refractivity contribution >= 4 is 17.5 Å². The predicted octanol–water partition coefficient (Wildman–Crippen LogP) is 0.924. The van der Waals surface area contributed by atoms with E-state index in [9.17, 15) is 4.79 Å². The molecule has 0 aromatic carbocycles. The summed E-state index contributed by atoms with van der Waals surface area (Å²) in [6.07, 6.45) is 3.78. The van der Waals surface area contributed by atoms with Gasteiger partial charge in [0.05, 0.1) is 19.0 Å². The maximum Gasteiger partial charge on any atom is 0.274 e. The van der Waals surface area contributed by atoms with Crippen LogP contribution >= 0.6 is 11.6 Å². The first-order valence-corrected chi connectivity index (χ1v) is 7.06. The van der Waals surface area contributed by atoms with E-state index in [4.69, 9.17) is 16.3 Å². The van der Waals surface area contributed by atoms with Crippen LogP contribution in [0.15, 0.2) is 12.4 Å². The van der Waals surface area contributed by atoms with Crippen LogP contribution in [0.2, 0.25) is 5.15 Å². The summed E-state index contributed by atoms with van der Waals surface area (Å²) in [7, 11) is 1.70. The molecule has 1 aromatic heterocycles. The quantitative estimate of drug-likeness (QED) is 0.827. The Kier molecular flexibility index (Phi) is 5.70. The topological polar surface area (TPSA) is 58.6 Å². The van der Waals surface area contributed by atoms with Gasteiger partial charge in [-0.25, -0.2) is 9.97 Å². The molecule has 2 rings (SSSR count). The minimum atomic E-state index is -0.0808. The van der Waals surface area contributed by atoms with Crippen molar-refractivity contribution in [1.82, 2.24) is 19.8 Å². The first-order chi connectivity index (χ1) is 9.70. The fraction of sp³-hybridized carbons (Fsp3) is 0.615. The molecule has 20 heavy (non-hydrogen) atoms. The molecule has 1 aromatic rings. The molecule has 0 radical (unpaired) electrons. The fourth-order valence-corrected chi connectivity index (χ4v) is 2.30. The smallest absolute Gasteiger partial charge is 0.274 e. The molecule has 1 amide bonds. The van der Waals surface area contributed by atoms with Crippen LogP contribution in [0.5, 0.6) is 0 Å². The van der Waals surface area contributed by atoms with Gasteiger partial charge in [0.2, 0.25) is 0 Å². The average molecular weight is 299 g/mol. The number of aromatic nitrogens is 2. The fourth-order valence-electron chi connectivity index (χ4n) is 2.20. The largest absolute Gasteiger partial charge is 0.383 e. The minimum absolute atomic E-state index is 0.0808. The van der Waals surface area contributed by atoms with Crippen LogP contribution in [-0.4, -0.2) is 72.1 Å². The van der Waals surface area contributed by atoms with Crippen LogP contribution in [0.4, 0.5) is 0 Å². The first kappa shape index (κ1) is 15.2. The van der Waals surface area contributed by atoms with Crippen molar-refractivity contribution in [1.29, 1.82) is 0 Å². The molecular formula is C13H19ClN4O2. The Balaban J connectivity index is 1.92. The van der Waals surface area contributed by atoms with Gasteiger partial charge in [0, 0.05) is 33.3 Å². The summed E-state index contributed by atoms with van der Waals surface area (Å²) in [6.45, 7) is 4.91. The summed E-state index contributed by atoms with van der Waals surface area (Å²) >= 11 is 5.68. The molecule has 1 fully saturated rings. The Bertz CT molecular complexity index is 441. The Labute approximate surface area is 123 Å². The van der Waals surface area contributed by atoms with Gasteiger partial charge in [0.25, 0.3) is 5.91 Å². The van der Waals surface area contributed by atoms with Gasteiger partial charge in [-0.3, -0.25) is 9.69 Å². The summed E-state index contributed by atoms with van der Waals surface area (Å²) < 4.78 is 5.09. The lowest BCUT2D eigenvalue weighted by Crippen LogP contribution is -2.36. The van der Waals surface area contributed by atoms with Crippen LogP contribution < -0.4 is 0 Å². The second-order valence-electron chi connectivity index (χ2n) is 4.70. The molecule has 0 aliphatic carbocycles. The third-order valence-corrected chi connectivity index (χ3v) is 3.52. The number of carbonyl (C=O) groups is 1. The number of carbonyl (C=O) groups excluding carboxylic acids is 1. The summed E-state index contributed by atoms with van der Waals surface area (Å²) in [6, 6.07) is 0. The van der Waals surface area contributed by atoms with Gasteiger partial charge in [0.15, 0.2) is 0 Å². The number of hydrogen-bond acceptors (Lipinski definition) is 5. The van der Waals surface area contributed by atoms with Gasteiger partial charge < -0.3 is 9.64 Å². The van der Waals surface area contributed by atoms with E-state index >= 15 is 0 Å². The van der Waals surface area contributed by atoms with Gasteiger partial charge in [-0.05, 0) is 13.0 Å². The molecule has 1 saturated heterocycles. The number of amides is 1. The van der Waals surface area contributed by atoms with E-state index in [1.165, 1.54) is 12.4 Å². The maximum atomic E-state index is 12.3. The molecule has 0 atom stereocenters. The van der Waals surface area contributed by atoms with E-state index in [1.54, 1.807) is 7.11 Å². The zero-order valence-corrected chi connectivity index (χ0v) is 12.3. The Morgan fingerprint density at radius 2 is 2.15 bits per heavy atom. The van der Waals surface area contributed by atoms with Gasteiger partial charge in [-0.1, -0.05) is 11.6 Å². The third kappa shape index (κ3) is 4.13. The predicted molar refractivity (Wildman–Crippen MR) is 75.9 cm³/mol. The molecule has 6 nitrogen and oxygen atoms in total. The summed E-state index contributed by atoms with van der Waals surface area (Å²) in [5, 5.41) is 0.295. The van der Waals surface area contributed by atoms with Crippen molar-refractivity contribution in [3.8, 4) is 0 Å². The van der Waals surface area contributed by atoms with Crippen molar-refractivity contribution in [3.05, 3.63) is 23.2 Å². The highest BCUT2D eigenvalue weighted by molar-refractivity contribution is 6.29. The van der Waals surface area contributed by atoms with E-state index in [2.05, 4.69) is 14.9 Å². The lowest BCUT2D eigenvalue weighted by molar-refractivity contribution is 0.0753. The van der Waals surface area contributed by atoms with E-state index < -0.39 is 0 Å². The highest BCUT2D eigenvalue weighted by Crippen LogP contribution is 2.08. The highest BCUT2D eigenvalue weighted by Gasteiger charge is 2.21. The van der Waals surface area contributed by atoms with Crippen molar-refractivity contribution in [3.63, 3.8) is 0 Å². The van der Waals surface area contributed by atoms with Gasteiger partial charge in [-0.15, -0.1) is 0 Å². The second-order valence-corrected chi connectivity index (χ2v) is 5.09. The molecule has 0 unspecified atom stereocenters. The van der Waals surface area contributed by atoms with Gasteiger partial charge in [0.1, 0.15) is 10.8 Å². The molecule has 1 aliphatic heterocycles. The molecule has 0 saturated carbocycles. The minimum Gasteiger partial charge on any atom is -0.383 e. The van der Waals surface area contributed by atoms with Crippen molar-refractivity contribution in [2.45, 2.75) is 6.42 Å². The first-order valence-electron chi connectivity index (χ1n) is 6.69. The number of rotatable bonds is 4. The zero-order chi connectivity index (χ0) is 14.4. The normalized spacial score (nSPS) is 17.0. The maximum absolute atomic E-state index is 12.3. The summed E-state index contributed by atoms with van der Waals surface area (Å²) in [5.41, 5.74) is 0.347. The number of halogens is 1. The van der Waals surface area contributed by atoms with Crippen molar-refractivity contribution in [2.24, 2.45) is 0 Å². The molecule has 110 valence electrons. The second kappa shape index (κ2) is 7.52. The summed E-state index contributed by atoms with van der Waals surface area (Å²) in [5.74, 6) is -0.0808. The van der Waals surface area contributed by atoms with Gasteiger partial charge in [-0.2, -0.15) is 0 Å². The van der Waals surface area contributed by atoms with Crippen LogP contribution in [-0.2, 0) is 4.74 Å². The molecular weight excluding hydrogens is 280 g/mol. The number of ether oxygens (including phenoxy) is 1. The van der Waals surface area contributed by atoms with Gasteiger partial charge >= 0.3 is 0 Å². The molecule has 0 bridgehead atoms. The summed E-state index contributed by atoms with van der Waals surface area (Å²) in [4.78, 5) is 24.4. The van der Waals surface area contributed by atoms with E-state index in [-0.39, 0.29) is 5.91 Å². The van der Waals surface area contributed by atoms with E-state index in [1.807, 2.05) is 4.90 Å². The average Bonchev–Trinajstić information content (AvgIpc) is 2.70. The van der Waals surface area contributed by atoms with Crippen LogP contribution in [0.3, 0.4) is 0 Å². The molecule has 7 heteroatoms. The SMILES string of the molecule is COCCN1CCCN(C(=O)c2cnc(Cl)cn2)CC1.